The van der Waals surface area contributed by atoms with Crippen molar-refractivity contribution in [3.8, 4) is 11.3 Å². The van der Waals surface area contributed by atoms with E-state index in [0.717, 1.165) is 27.6 Å². The number of aryl methyl sites for hydroxylation is 1. The molecule has 0 aliphatic rings. The van der Waals surface area contributed by atoms with Crippen molar-refractivity contribution in [2.45, 2.75) is 13.5 Å². The van der Waals surface area contributed by atoms with E-state index in [-0.39, 0.29) is 0 Å². The van der Waals surface area contributed by atoms with Gasteiger partial charge in [-0.2, -0.15) is 0 Å². The quantitative estimate of drug-likeness (QED) is 0.739. The lowest BCUT2D eigenvalue weighted by atomic mass is 10.1. The molecular formula is C15H13ClN2OS. The van der Waals surface area contributed by atoms with Crippen LogP contribution >= 0.6 is 22.9 Å². The van der Waals surface area contributed by atoms with Crippen LogP contribution in [0.25, 0.3) is 11.3 Å². The van der Waals surface area contributed by atoms with Crippen molar-refractivity contribution in [3.63, 3.8) is 0 Å². The zero-order valence-corrected chi connectivity index (χ0v) is 12.5. The van der Waals surface area contributed by atoms with E-state index in [1.165, 1.54) is 11.3 Å². The Labute approximate surface area is 126 Å². The topological polar surface area (TPSA) is 38.1 Å². The molecule has 0 spiro atoms. The fraction of sp³-hybridized carbons (Fsp3) is 0.133. The van der Waals surface area contributed by atoms with Crippen molar-refractivity contribution in [1.82, 2.24) is 4.98 Å². The first kappa shape index (κ1) is 13.2. The molecule has 0 aliphatic heterocycles. The summed E-state index contributed by atoms with van der Waals surface area (Å²) >= 11 is 7.32. The average Bonchev–Trinajstić information content (AvgIpc) is 3.06. The van der Waals surface area contributed by atoms with Gasteiger partial charge in [0.1, 0.15) is 11.5 Å². The SMILES string of the molecule is Cc1ccc(-c2ccccc2NCc2cnc(Cl)s2)o1. The zero-order chi connectivity index (χ0) is 13.9. The molecule has 3 aromatic rings. The van der Waals surface area contributed by atoms with Crippen molar-refractivity contribution in [2.24, 2.45) is 0 Å². The summed E-state index contributed by atoms with van der Waals surface area (Å²) in [6, 6.07) is 12.0. The standard InChI is InChI=1S/C15H13ClN2OS/c1-10-6-7-14(19-10)12-4-2-3-5-13(12)17-8-11-9-18-15(16)20-11/h2-7,9,17H,8H2,1H3. The number of hydrogen-bond acceptors (Lipinski definition) is 4. The van der Waals surface area contributed by atoms with E-state index < -0.39 is 0 Å². The lowest BCUT2D eigenvalue weighted by molar-refractivity contribution is 0.548. The Kier molecular flexibility index (Phi) is 3.76. The number of anilines is 1. The number of nitrogens with one attached hydrogen (secondary N) is 1. The van der Waals surface area contributed by atoms with Crippen molar-refractivity contribution < 1.29 is 4.42 Å². The van der Waals surface area contributed by atoms with Crippen LogP contribution in [0.15, 0.2) is 47.0 Å². The molecule has 0 bridgehead atoms. The third-order valence-electron chi connectivity index (χ3n) is 2.91. The van der Waals surface area contributed by atoms with E-state index >= 15 is 0 Å². The van der Waals surface area contributed by atoms with Crippen molar-refractivity contribution in [1.29, 1.82) is 0 Å². The van der Waals surface area contributed by atoms with Gasteiger partial charge in [0.15, 0.2) is 4.47 Å². The maximum Gasteiger partial charge on any atom is 0.183 e. The van der Waals surface area contributed by atoms with Gasteiger partial charge in [-0.05, 0) is 31.2 Å². The molecule has 5 heteroatoms. The highest BCUT2D eigenvalue weighted by Crippen LogP contribution is 2.30. The third kappa shape index (κ3) is 2.86. The summed E-state index contributed by atoms with van der Waals surface area (Å²) in [6.07, 6.45) is 1.79. The summed E-state index contributed by atoms with van der Waals surface area (Å²) in [5.41, 5.74) is 2.09. The van der Waals surface area contributed by atoms with Gasteiger partial charge in [0.05, 0.1) is 6.54 Å². The summed E-state index contributed by atoms with van der Waals surface area (Å²) < 4.78 is 6.26. The van der Waals surface area contributed by atoms with Crippen LogP contribution in [0, 0.1) is 6.92 Å². The fourth-order valence-electron chi connectivity index (χ4n) is 1.98. The second-order valence-electron chi connectivity index (χ2n) is 4.39. The molecule has 20 heavy (non-hydrogen) atoms. The largest absolute Gasteiger partial charge is 0.461 e. The van der Waals surface area contributed by atoms with E-state index in [2.05, 4.69) is 10.3 Å². The van der Waals surface area contributed by atoms with Crippen LogP contribution in [0.1, 0.15) is 10.6 Å². The Balaban J connectivity index is 1.83. The number of hydrogen-bond donors (Lipinski definition) is 1. The smallest absolute Gasteiger partial charge is 0.183 e. The lowest BCUT2D eigenvalue weighted by Crippen LogP contribution is -1.98. The number of para-hydroxylation sites is 1. The molecule has 3 nitrogen and oxygen atoms in total. The number of aromatic nitrogens is 1. The van der Waals surface area contributed by atoms with Crippen LogP contribution in [0.4, 0.5) is 5.69 Å². The van der Waals surface area contributed by atoms with Crippen LogP contribution < -0.4 is 5.32 Å². The molecule has 0 radical (unpaired) electrons. The first-order valence-electron chi connectivity index (χ1n) is 6.22. The van der Waals surface area contributed by atoms with Crippen molar-refractivity contribution in [2.75, 3.05) is 5.32 Å². The highest BCUT2D eigenvalue weighted by molar-refractivity contribution is 7.15. The molecule has 0 fully saturated rings. The average molecular weight is 305 g/mol. The Morgan fingerprint density at radius 3 is 2.80 bits per heavy atom. The molecule has 0 unspecified atom stereocenters. The van der Waals surface area contributed by atoms with Gasteiger partial charge < -0.3 is 9.73 Å². The van der Waals surface area contributed by atoms with E-state index in [1.807, 2.05) is 43.3 Å². The molecule has 1 aromatic carbocycles. The monoisotopic (exact) mass is 304 g/mol. The van der Waals surface area contributed by atoms with Crippen molar-refractivity contribution in [3.05, 3.63) is 57.7 Å². The number of nitrogens with zero attached hydrogens (tertiary/aromatic N) is 1. The number of furan rings is 1. The predicted octanol–water partition coefficient (Wildman–Crippen LogP) is 4.98. The summed E-state index contributed by atoms with van der Waals surface area (Å²) in [5.74, 6) is 1.77. The molecule has 0 amide bonds. The van der Waals surface area contributed by atoms with Gasteiger partial charge in [0.25, 0.3) is 0 Å². The zero-order valence-electron chi connectivity index (χ0n) is 10.9. The minimum absolute atomic E-state index is 0.566. The van der Waals surface area contributed by atoms with Gasteiger partial charge >= 0.3 is 0 Å². The van der Waals surface area contributed by atoms with Gasteiger partial charge in [0, 0.05) is 22.3 Å². The highest BCUT2D eigenvalue weighted by atomic mass is 35.5. The Hall–Kier alpha value is -1.78. The van der Waals surface area contributed by atoms with Crippen LogP contribution in [0.3, 0.4) is 0 Å². The van der Waals surface area contributed by atoms with Gasteiger partial charge in [-0.3, -0.25) is 0 Å². The maximum absolute atomic E-state index is 5.84. The molecule has 2 heterocycles. The lowest BCUT2D eigenvalue weighted by Gasteiger charge is -2.09. The maximum atomic E-state index is 5.84. The predicted molar refractivity (Wildman–Crippen MR) is 83.3 cm³/mol. The van der Waals surface area contributed by atoms with E-state index in [1.54, 1.807) is 6.20 Å². The summed E-state index contributed by atoms with van der Waals surface area (Å²) in [5, 5.41) is 3.40. The second kappa shape index (κ2) is 5.69. The molecule has 1 N–H and O–H groups in total. The molecule has 2 aromatic heterocycles. The van der Waals surface area contributed by atoms with E-state index in [9.17, 15) is 0 Å². The highest BCUT2D eigenvalue weighted by Gasteiger charge is 2.08. The molecular weight excluding hydrogens is 292 g/mol. The van der Waals surface area contributed by atoms with Gasteiger partial charge in [-0.15, -0.1) is 11.3 Å². The van der Waals surface area contributed by atoms with Crippen LogP contribution in [-0.2, 0) is 6.54 Å². The number of benzene rings is 1. The second-order valence-corrected chi connectivity index (χ2v) is 6.09. The molecule has 0 saturated carbocycles. The van der Waals surface area contributed by atoms with Gasteiger partial charge in [-0.1, -0.05) is 23.7 Å². The van der Waals surface area contributed by atoms with Crippen LogP contribution in [0.5, 0.6) is 0 Å². The summed E-state index contributed by atoms with van der Waals surface area (Å²) in [6.45, 7) is 2.64. The first-order valence-corrected chi connectivity index (χ1v) is 7.42. The van der Waals surface area contributed by atoms with Crippen molar-refractivity contribution >= 4 is 28.6 Å². The van der Waals surface area contributed by atoms with Gasteiger partial charge in [-0.25, -0.2) is 4.98 Å². The van der Waals surface area contributed by atoms with E-state index in [0.29, 0.717) is 11.0 Å². The Morgan fingerprint density at radius 2 is 2.10 bits per heavy atom. The normalized spacial score (nSPS) is 10.7. The Morgan fingerprint density at radius 1 is 1.25 bits per heavy atom. The molecule has 3 rings (SSSR count). The van der Waals surface area contributed by atoms with Gasteiger partial charge in [0.2, 0.25) is 0 Å². The van der Waals surface area contributed by atoms with E-state index in [4.69, 9.17) is 16.0 Å². The summed E-state index contributed by atoms with van der Waals surface area (Å²) in [4.78, 5) is 5.14. The van der Waals surface area contributed by atoms with Crippen LogP contribution in [0.2, 0.25) is 4.47 Å². The molecule has 0 aliphatic carbocycles. The first-order chi connectivity index (χ1) is 9.72. The molecule has 0 atom stereocenters. The minimum Gasteiger partial charge on any atom is -0.461 e. The number of halogens is 1. The Bertz CT molecular complexity index is 720. The minimum atomic E-state index is 0.566. The van der Waals surface area contributed by atoms with Crippen LogP contribution in [-0.4, -0.2) is 4.98 Å². The third-order valence-corrected chi connectivity index (χ3v) is 4.03. The number of thiazole rings is 1. The fourth-order valence-corrected chi connectivity index (χ4v) is 2.90. The molecule has 102 valence electrons. The molecule has 0 saturated heterocycles. The number of rotatable bonds is 4. The summed E-state index contributed by atoms with van der Waals surface area (Å²) in [7, 11) is 0.